The molecule has 5 nitrogen and oxygen atoms in total. The maximum Gasteiger partial charge on any atom is 0.136 e. The number of nitrogens with zero attached hydrogens (tertiary/aromatic N) is 5. The predicted octanol–water partition coefficient (Wildman–Crippen LogP) is 4.75. The van der Waals surface area contributed by atoms with Gasteiger partial charge in [0, 0.05) is 43.1 Å². The van der Waals surface area contributed by atoms with Crippen molar-refractivity contribution in [1.82, 2.24) is 19.9 Å². The summed E-state index contributed by atoms with van der Waals surface area (Å²) in [6.45, 7) is -0.278. The van der Waals surface area contributed by atoms with Crippen LogP contribution in [0.25, 0.3) is 0 Å². The summed E-state index contributed by atoms with van der Waals surface area (Å²) in [5.41, 5.74) is 4.03. The minimum atomic E-state index is -0.487. The number of hydrogen-bond donors (Lipinski definition) is 0. The van der Waals surface area contributed by atoms with Crippen LogP contribution in [0.2, 0.25) is 0 Å². The van der Waals surface area contributed by atoms with Gasteiger partial charge >= 0.3 is 0 Å². The molecule has 0 fully saturated rings. The first kappa shape index (κ1) is 19.6. The van der Waals surface area contributed by atoms with Crippen molar-refractivity contribution in [3.8, 4) is 0 Å². The lowest BCUT2D eigenvalue weighted by atomic mass is 9.87. The molecule has 0 saturated heterocycles. The minimum Gasteiger partial charge on any atom is -0.322 e. The standard InChI is InChI=1S/C24H22FN5/c25-9-14-30(22-8-4-12-28-18-22)24-19(5-3-13-29-24)15-23(20-6-1-10-26-16-20)21-7-2-11-27-17-21/h1-8,10-13,16-18,23H,9,14-15H2. The van der Waals surface area contributed by atoms with Gasteiger partial charge in [-0.05, 0) is 53.4 Å². The Labute approximate surface area is 175 Å². The van der Waals surface area contributed by atoms with Gasteiger partial charge in [-0.15, -0.1) is 0 Å². The fourth-order valence-electron chi connectivity index (χ4n) is 3.60. The van der Waals surface area contributed by atoms with Gasteiger partial charge in [0.25, 0.3) is 0 Å². The Bertz CT molecular complexity index is 1010. The monoisotopic (exact) mass is 399 g/mol. The molecule has 0 aliphatic rings. The largest absolute Gasteiger partial charge is 0.322 e. The van der Waals surface area contributed by atoms with E-state index in [4.69, 9.17) is 0 Å². The summed E-state index contributed by atoms with van der Waals surface area (Å²) >= 11 is 0. The lowest BCUT2D eigenvalue weighted by Crippen LogP contribution is -2.23. The molecule has 4 heterocycles. The molecule has 0 atom stereocenters. The van der Waals surface area contributed by atoms with Crippen LogP contribution in [0.4, 0.5) is 15.9 Å². The third kappa shape index (κ3) is 4.49. The van der Waals surface area contributed by atoms with Crippen LogP contribution in [-0.2, 0) is 6.42 Å². The number of pyridine rings is 4. The summed E-state index contributed by atoms with van der Waals surface area (Å²) in [6, 6.07) is 15.7. The van der Waals surface area contributed by atoms with Crippen molar-refractivity contribution in [2.75, 3.05) is 18.1 Å². The molecular weight excluding hydrogens is 377 g/mol. The topological polar surface area (TPSA) is 54.8 Å². The zero-order chi connectivity index (χ0) is 20.6. The molecule has 0 bridgehead atoms. The van der Waals surface area contributed by atoms with E-state index in [1.807, 2.05) is 53.7 Å². The fourth-order valence-corrected chi connectivity index (χ4v) is 3.60. The number of rotatable bonds is 8. The first-order valence-electron chi connectivity index (χ1n) is 9.84. The van der Waals surface area contributed by atoms with E-state index in [0.29, 0.717) is 6.42 Å². The van der Waals surface area contributed by atoms with Gasteiger partial charge in [0.15, 0.2) is 0 Å². The molecule has 0 unspecified atom stereocenters. The van der Waals surface area contributed by atoms with Crippen molar-refractivity contribution >= 4 is 11.5 Å². The van der Waals surface area contributed by atoms with Gasteiger partial charge < -0.3 is 4.90 Å². The number of alkyl halides is 1. The van der Waals surface area contributed by atoms with E-state index in [9.17, 15) is 4.39 Å². The highest BCUT2D eigenvalue weighted by Gasteiger charge is 2.21. The van der Waals surface area contributed by atoms with Crippen LogP contribution in [0.3, 0.4) is 0 Å². The molecule has 0 aliphatic heterocycles. The zero-order valence-corrected chi connectivity index (χ0v) is 16.5. The Morgan fingerprint density at radius 1 is 0.767 bits per heavy atom. The lowest BCUT2D eigenvalue weighted by Gasteiger charge is -2.26. The first-order valence-corrected chi connectivity index (χ1v) is 9.84. The average molecular weight is 399 g/mol. The van der Waals surface area contributed by atoms with Crippen LogP contribution in [0.15, 0.2) is 91.9 Å². The second kappa shape index (κ2) is 9.69. The Balaban J connectivity index is 1.75. The van der Waals surface area contributed by atoms with Crippen molar-refractivity contribution < 1.29 is 4.39 Å². The van der Waals surface area contributed by atoms with Gasteiger partial charge in [0.1, 0.15) is 12.5 Å². The molecule has 0 amide bonds. The van der Waals surface area contributed by atoms with E-state index in [-0.39, 0.29) is 12.5 Å². The van der Waals surface area contributed by atoms with Gasteiger partial charge in [-0.2, -0.15) is 0 Å². The second-order valence-electron chi connectivity index (χ2n) is 6.87. The summed E-state index contributed by atoms with van der Waals surface area (Å²) in [6.07, 6.45) is 13.2. The molecule has 0 radical (unpaired) electrons. The highest BCUT2D eigenvalue weighted by atomic mass is 19.1. The highest BCUT2D eigenvalue weighted by molar-refractivity contribution is 5.62. The van der Waals surface area contributed by atoms with E-state index in [2.05, 4.69) is 32.1 Å². The number of hydrogen-bond acceptors (Lipinski definition) is 5. The highest BCUT2D eigenvalue weighted by Crippen LogP contribution is 2.33. The maximum absolute atomic E-state index is 13.4. The van der Waals surface area contributed by atoms with Crippen LogP contribution in [0.1, 0.15) is 22.6 Å². The van der Waals surface area contributed by atoms with E-state index in [1.165, 1.54) is 0 Å². The molecular formula is C24H22FN5. The van der Waals surface area contributed by atoms with Crippen molar-refractivity contribution in [1.29, 1.82) is 0 Å². The Morgan fingerprint density at radius 3 is 1.97 bits per heavy atom. The molecule has 150 valence electrons. The summed E-state index contributed by atoms with van der Waals surface area (Å²) in [4.78, 5) is 19.3. The molecule has 4 rings (SSSR count). The Hall–Kier alpha value is -3.67. The third-order valence-electron chi connectivity index (χ3n) is 4.99. The van der Waals surface area contributed by atoms with Gasteiger partial charge in [-0.3, -0.25) is 15.0 Å². The van der Waals surface area contributed by atoms with Crippen LogP contribution in [0.5, 0.6) is 0 Å². The molecule has 0 saturated carbocycles. The molecule has 0 spiro atoms. The third-order valence-corrected chi connectivity index (χ3v) is 4.99. The smallest absolute Gasteiger partial charge is 0.136 e. The number of aromatic nitrogens is 4. The summed E-state index contributed by atoms with van der Waals surface area (Å²) in [7, 11) is 0. The van der Waals surface area contributed by atoms with Crippen molar-refractivity contribution in [2.45, 2.75) is 12.3 Å². The summed E-state index contributed by atoms with van der Waals surface area (Å²) < 4.78 is 13.4. The second-order valence-corrected chi connectivity index (χ2v) is 6.87. The zero-order valence-electron chi connectivity index (χ0n) is 16.5. The fraction of sp³-hybridized carbons (Fsp3) is 0.167. The molecule has 4 aromatic rings. The van der Waals surface area contributed by atoms with Crippen molar-refractivity contribution in [3.05, 3.63) is 109 Å². The SMILES string of the molecule is FCCN(c1cccnc1)c1ncccc1CC(c1cccnc1)c1cccnc1. The molecule has 30 heavy (non-hydrogen) atoms. The van der Waals surface area contributed by atoms with Crippen LogP contribution < -0.4 is 4.90 Å². The van der Waals surface area contributed by atoms with Gasteiger partial charge in [0.05, 0.1) is 18.4 Å². The minimum absolute atomic E-state index is 0.0523. The molecule has 4 aromatic heterocycles. The van der Waals surface area contributed by atoms with E-state index >= 15 is 0 Å². The predicted molar refractivity (Wildman–Crippen MR) is 115 cm³/mol. The van der Waals surface area contributed by atoms with E-state index in [1.54, 1.807) is 31.0 Å². The first-order chi connectivity index (χ1) is 14.9. The average Bonchev–Trinajstić information content (AvgIpc) is 2.83. The van der Waals surface area contributed by atoms with Gasteiger partial charge in [-0.25, -0.2) is 9.37 Å². The van der Waals surface area contributed by atoms with Crippen molar-refractivity contribution in [2.24, 2.45) is 0 Å². The lowest BCUT2D eigenvalue weighted by molar-refractivity contribution is 0.500. The summed E-state index contributed by atoms with van der Waals surface area (Å²) in [5.74, 6) is 0.789. The quantitative estimate of drug-likeness (QED) is 0.428. The molecule has 6 heteroatoms. The molecule has 0 aliphatic carbocycles. The van der Waals surface area contributed by atoms with Crippen molar-refractivity contribution in [3.63, 3.8) is 0 Å². The number of halogens is 1. The normalized spacial score (nSPS) is 10.9. The van der Waals surface area contributed by atoms with E-state index in [0.717, 1.165) is 28.2 Å². The Kier molecular flexibility index (Phi) is 6.35. The molecule has 0 aromatic carbocycles. The van der Waals surface area contributed by atoms with Crippen LogP contribution in [0, 0.1) is 0 Å². The van der Waals surface area contributed by atoms with Gasteiger partial charge in [-0.1, -0.05) is 18.2 Å². The van der Waals surface area contributed by atoms with Crippen LogP contribution >= 0.6 is 0 Å². The maximum atomic E-state index is 13.4. The van der Waals surface area contributed by atoms with E-state index < -0.39 is 6.67 Å². The summed E-state index contributed by atoms with van der Waals surface area (Å²) in [5, 5.41) is 0. The Morgan fingerprint density at radius 2 is 1.40 bits per heavy atom. The number of anilines is 2. The molecule has 0 N–H and O–H groups in total. The van der Waals surface area contributed by atoms with Crippen LogP contribution in [-0.4, -0.2) is 33.2 Å². The van der Waals surface area contributed by atoms with Gasteiger partial charge in [0.2, 0.25) is 0 Å².